The van der Waals surface area contributed by atoms with Gasteiger partial charge in [0.15, 0.2) is 0 Å². The Morgan fingerprint density at radius 2 is 1.67 bits per heavy atom. The van der Waals surface area contributed by atoms with E-state index in [1.165, 1.54) is 22.0 Å². The first-order chi connectivity index (χ1) is 20.2. The lowest BCUT2D eigenvalue weighted by molar-refractivity contribution is -0.113. The highest BCUT2D eigenvalue weighted by atomic mass is 35.5. The fourth-order valence-electron chi connectivity index (χ4n) is 4.96. The summed E-state index contributed by atoms with van der Waals surface area (Å²) in [6.07, 6.45) is 3.54. The van der Waals surface area contributed by atoms with Gasteiger partial charge in [0.1, 0.15) is 5.69 Å². The predicted octanol–water partition coefficient (Wildman–Crippen LogP) is 6.84. The molecule has 1 aliphatic rings. The summed E-state index contributed by atoms with van der Waals surface area (Å²) in [5.41, 5.74) is 3.95. The number of benzene rings is 3. The summed E-state index contributed by atoms with van der Waals surface area (Å²) in [5.74, 6) is -0.333. The summed E-state index contributed by atoms with van der Waals surface area (Å²) in [6, 6.07) is 22.0. The molecule has 0 aliphatic carbocycles. The Balaban J connectivity index is 1.23. The van der Waals surface area contributed by atoms with Crippen molar-refractivity contribution in [3.63, 3.8) is 0 Å². The molecule has 10 heteroatoms. The van der Waals surface area contributed by atoms with Crippen molar-refractivity contribution in [2.45, 2.75) is 24.7 Å². The fraction of sp³-hybridized carbons (Fsp3) is 0.219. The average molecular weight is 622 g/mol. The number of anilines is 1. The van der Waals surface area contributed by atoms with Gasteiger partial charge in [0.2, 0.25) is 5.91 Å². The SMILES string of the molecule is Cc1c(NC(=O)CSc2ccccc2C(=O)N2CCC(=Cc3cc(Cl)ccc3Cl)CC2)c(=O)n(-c2ccccc2)n1C. The minimum absolute atomic E-state index is 0.0523. The maximum absolute atomic E-state index is 13.5. The van der Waals surface area contributed by atoms with E-state index in [1.807, 2.05) is 59.5 Å². The molecule has 42 heavy (non-hydrogen) atoms. The third-order valence-electron chi connectivity index (χ3n) is 7.31. The molecule has 1 aliphatic heterocycles. The third-order valence-corrected chi connectivity index (χ3v) is 8.96. The first kappa shape index (κ1) is 29.8. The molecule has 1 aromatic heterocycles. The summed E-state index contributed by atoms with van der Waals surface area (Å²) >= 11 is 13.7. The molecule has 5 rings (SSSR count). The van der Waals surface area contributed by atoms with Crippen LogP contribution in [-0.4, -0.2) is 44.9 Å². The van der Waals surface area contributed by atoms with Gasteiger partial charge in [0.05, 0.1) is 22.7 Å². The molecule has 1 fully saturated rings. The van der Waals surface area contributed by atoms with E-state index in [-0.39, 0.29) is 28.8 Å². The second-order valence-electron chi connectivity index (χ2n) is 10.0. The van der Waals surface area contributed by atoms with Crippen molar-refractivity contribution in [2.75, 3.05) is 24.2 Å². The molecule has 0 radical (unpaired) electrons. The maximum atomic E-state index is 13.5. The number of para-hydroxylation sites is 1. The lowest BCUT2D eigenvalue weighted by Gasteiger charge is -2.29. The average Bonchev–Trinajstić information content (AvgIpc) is 3.21. The molecule has 7 nitrogen and oxygen atoms in total. The van der Waals surface area contributed by atoms with Crippen LogP contribution in [-0.2, 0) is 11.8 Å². The van der Waals surface area contributed by atoms with Gasteiger partial charge in [-0.3, -0.25) is 19.1 Å². The van der Waals surface area contributed by atoms with Crippen LogP contribution >= 0.6 is 35.0 Å². The minimum Gasteiger partial charge on any atom is -0.338 e. The molecule has 0 saturated carbocycles. The Kier molecular flexibility index (Phi) is 9.26. The number of nitrogens with one attached hydrogen (secondary N) is 1. The Hall–Kier alpha value is -3.72. The van der Waals surface area contributed by atoms with Gasteiger partial charge in [0.25, 0.3) is 11.5 Å². The van der Waals surface area contributed by atoms with Crippen LogP contribution in [0.15, 0.2) is 88.1 Å². The molecule has 1 saturated heterocycles. The van der Waals surface area contributed by atoms with Crippen LogP contribution in [0, 0.1) is 6.92 Å². The van der Waals surface area contributed by atoms with E-state index in [4.69, 9.17) is 23.2 Å². The molecule has 4 aromatic rings. The van der Waals surface area contributed by atoms with Crippen molar-refractivity contribution in [1.82, 2.24) is 14.3 Å². The Morgan fingerprint density at radius 3 is 2.40 bits per heavy atom. The molecule has 3 aromatic carbocycles. The van der Waals surface area contributed by atoms with Gasteiger partial charge >= 0.3 is 0 Å². The summed E-state index contributed by atoms with van der Waals surface area (Å²) < 4.78 is 3.24. The number of aromatic nitrogens is 2. The molecule has 2 amide bonds. The molecule has 0 unspecified atom stereocenters. The van der Waals surface area contributed by atoms with Crippen molar-refractivity contribution in [1.29, 1.82) is 0 Å². The number of hydrogen-bond donors (Lipinski definition) is 1. The fourth-order valence-corrected chi connectivity index (χ4v) is 6.15. The summed E-state index contributed by atoms with van der Waals surface area (Å²) in [6.45, 7) is 2.97. The Morgan fingerprint density at radius 1 is 0.976 bits per heavy atom. The van der Waals surface area contributed by atoms with E-state index in [0.29, 0.717) is 40.1 Å². The normalized spacial score (nSPS) is 13.2. The van der Waals surface area contributed by atoms with Gasteiger partial charge in [-0.1, -0.05) is 65.2 Å². The second-order valence-corrected chi connectivity index (χ2v) is 11.9. The monoisotopic (exact) mass is 620 g/mol. The molecule has 216 valence electrons. The second kappa shape index (κ2) is 13.1. The predicted molar refractivity (Wildman–Crippen MR) is 171 cm³/mol. The number of carbonyl (C=O) groups is 2. The Bertz CT molecular complexity index is 1720. The van der Waals surface area contributed by atoms with Crippen molar-refractivity contribution in [2.24, 2.45) is 7.05 Å². The van der Waals surface area contributed by atoms with Crippen LogP contribution in [0.4, 0.5) is 5.69 Å². The molecular formula is C32H30Cl2N4O3S. The van der Waals surface area contributed by atoms with E-state index < -0.39 is 0 Å². The van der Waals surface area contributed by atoms with Crippen LogP contribution in [0.5, 0.6) is 0 Å². The highest BCUT2D eigenvalue weighted by Gasteiger charge is 2.23. The largest absolute Gasteiger partial charge is 0.338 e. The van der Waals surface area contributed by atoms with Crippen LogP contribution in [0.25, 0.3) is 11.8 Å². The van der Waals surface area contributed by atoms with Gasteiger partial charge < -0.3 is 10.2 Å². The van der Waals surface area contributed by atoms with Crippen LogP contribution in [0.1, 0.15) is 34.5 Å². The third kappa shape index (κ3) is 6.51. The van der Waals surface area contributed by atoms with E-state index in [2.05, 4.69) is 11.4 Å². The molecular weight excluding hydrogens is 591 g/mol. The standard InChI is InChI=1S/C32H30Cl2N4O3S/c1-21-30(32(41)38(36(21)2)25-8-4-3-5-9-25)35-29(39)20-42-28-11-7-6-10-26(28)31(40)37-16-14-22(15-17-37)18-23-19-24(33)12-13-27(23)34/h3-13,18-19H,14-17,20H2,1-2H3,(H,35,39). The van der Waals surface area contributed by atoms with Gasteiger partial charge in [-0.2, -0.15) is 0 Å². The quantitative estimate of drug-likeness (QED) is 0.229. The molecule has 0 atom stereocenters. The van der Waals surface area contributed by atoms with E-state index in [0.717, 1.165) is 23.3 Å². The highest BCUT2D eigenvalue weighted by molar-refractivity contribution is 8.00. The number of rotatable bonds is 7. The number of halogens is 2. The molecule has 0 spiro atoms. The zero-order valence-corrected chi connectivity index (χ0v) is 25.6. The number of thioether (sulfide) groups is 1. The van der Waals surface area contributed by atoms with Crippen LogP contribution < -0.4 is 10.9 Å². The zero-order chi connectivity index (χ0) is 29.8. The smallest absolute Gasteiger partial charge is 0.295 e. The first-order valence-electron chi connectivity index (χ1n) is 13.5. The maximum Gasteiger partial charge on any atom is 0.295 e. The van der Waals surface area contributed by atoms with E-state index in [1.54, 1.807) is 36.9 Å². The highest BCUT2D eigenvalue weighted by Crippen LogP contribution is 2.29. The first-order valence-corrected chi connectivity index (χ1v) is 15.3. The topological polar surface area (TPSA) is 76.3 Å². The summed E-state index contributed by atoms with van der Waals surface area (Å²) in [5, 5.41) is 4.06. The van der Waals surface area contributed by atoms with Crippen molar-refractivity contribution in [3.05, 3.63) is 116 Å². The number of piperidine rings is 1. The van der Waals surface area contributed by atoms with Crippen molar-refractivity contribution >= 4 is 58.5 Å². The van der Waals surface area contributed by atoms with Crippen molar-refractivity contribution < 1.29 is 9.59 Å². The zero-order valence-electron chi connectivity index (χ0n) is 23.3. The van der Waals surface area contributed by atoms with Gasteiger partial charge in [-0.15, -0.1) is 11.8 Å². The number of carbonyl (C=O) groups excluding carboxylic acids is 2. The van der Waals surface area contributed by atoms with Gasteiger partial charge in [-0.05, 0) is 67.8 Å². The lowest BCUT2D eigenvalue weighted by Crippen LogP contribution is -2.36. The van der Waals surface area contributed by atoms with Gasteiger partial charge in [-0.25, -0.2) is 4.68 Å². The summed E-state index contributed by atoms with van der Waals surface area (Å²) in [7, 11) is 1.78. The Labute approximate surface area is 258 Å². The van der Waals surface area contributed by atoms with Crippen LogP contribution in [0.2, 0.25) is 10.0 Å². The lowest BCUT2D eigenvalue weighted by atomic mass is 10.00. The van der Waals surface area contributed by atoms with Crippen LogP contribution in [0.3, 0.4) is 0 Å². The molecule has 2 heterocycles. The molecule has 0 bridgehead atoms. The van der Waals surface area contributed by atoms with E-state index in [9.17, 15) is 14.4 Å². The number of hydrogen-bond acceptors (Lipinski definition) is 4. The minimum atomic E-state index is -0.319. The summed E-state index contributed by atoms with van der Waals surface area (Å²) in [4.78, 5) is 42.2. The molecule has 1 N–H and O–H groups in total. The number of nitrogens with zero attached hydrogens (tertiary/aromatic N) is 3. The van der Waals surface area contributed by atoms with E-state index >= 15 is 0 Å². The van der Waals surface area contributed by atoms with Crippen molar-refractivity contribution in [3.8, 4) is 5.69 Å². The number of likely N-dealkylation sites (tertiary alicyclic amines) is 1. The van der Waals surface area contributed by atoms with Gasteiger partial charge in [0, 0.05) is 35.1 Å². The number of amides is 2.